The van der Waals surface area contributed by atoms with E-state index in [0.29, 0.717) is 17.9 Å². The molecule has 3 heteroatoms. The smallest absolute Gasteiger partial charge is 0.337 e. The predicted molar refractivity (Wildman–Crippen MR) is 80.0 cm³/mol. The molecule has 0 radical (unpaired) electrons. The Morgan fingerprint density at radius 1 is 1.20 bits per heavy atom. The number of ether oxygens (including phenoxy) is 1. The molecule has 0 N–H and O–H groups in total. The van der Waals surface area contributed by atoms with E-state index in [-0.39, 0.29) is 5.97 Å². The Labute approximate surface area is 121 Å². The Morgan fingerprint density at radius 3 is 2.45 bits per heavy atom. The van der Waals surface area contributed by atoms with Gasteiger partial charge < -0.3 is 9.53 Å². The number of rotatable bonds is 9. The van der Waals surface area contributed by atoms with Gasteiger partial charge in [-0.25, -0.2) is 4.79 Å². The first-order valence-electron chi connectivity index (χ1n) is 7.34. The number of carbonyl (C=O) groups is 2. The molecule has 0 heterocycles. The number of hydrogen-bond acceptors (Lipinski definition) is 3. The van der Waals surface area contributed by atoms with E-state index in [4.69, 9.17) is 4.74 Å². The van der Waals surface area contributed by atoms with Crippen molar-refractivity contribution in [2.45, 2.75) is 51.4 Å². The van der Waals surface area contributed by atoms with Gasteiger partial charge in [-0.15, -0.1) is 0 Å². The molecule has 1 aromatic carbocycles. The normalized spacial score (nSPS) is 11.9. The van der Waals surface area contributed by atoms with Crippen LogP contribution in [0.15, 0.2) is 24.3 Å². The number of methoxy groups -OCH3 is 1. The van der Waals surface area contributed by atoms with Crippen molar-refractivity contribution in [3.05, 3.63) is 35.4 Å². The van der Waals surface area contributed by atoms with Crippen LogP contribution < -0.4 is 0 Å². The molecule has 110 valence electrons. The molecular formula is C17H24O3. The van der Waals surface area contributed by atoms with Crippen LogP contribution in [0.4, 0.5) is 0 Å². The minimum absolute atomic E-state index is 0.293. The fraction of sp³-hybridized carbons (Fsp3) is 0.529. The lowest BCUT2D eigenvalue weighted by Crippen LogP contribution is -2.02. The van der Waals surface area contributed by atoms with Gasteiger partial charge in [0.15, 0.2) is 0 Å². The van der Waals surface area contributed by atoms with Gasteiger partial charge in [0, 0.05) is 6.42 Å². The minimum Gasteiger partial charge on any atom is -0.465 e. The lowest BCUT2D eigenvalue weighted by Gasteiger charge is -2.15. The molecule has 0 amide bonds. The van der Waals surface area contributed by atoms with E-state index in [9.17, 15) is 9.59 Å². The number of carbonyl (C=O) groups excluding carboxylic acids is 2. The molecule has 0 spiro atoms. The fourth-order valence-corrected chi connectivity index (χ4v) is 2.41. The monoisotopic (exact) mass is 276 g/mol. The summed E-state index contributed by atoms with van der Waals surface area (Å²) in [6.07, 6.45) is 7.12. The second kappa shape index (κ2) is 9.29. The molecule has 0 saturated heterocycles. The van der Waals surface area contributed by atoms with Crippen LogP contribution in [0.1, 0.15) is 67.3 Å². The highest BCUT2D eigenvalue weighted by atomic mass is 16.5. The van der Waals surface area contributed by atoms with Crippen molar-refractivity contribution in [1.29, 1.82) is 0 Å². The van der Waals surface area contributed by atoms with Crippen molar-refractivity contribution in [2.75, 3.05) is 7.11 Å². The molecule has 0 saturated carbocycles. The molecule has 0 fully saturated rings. The summed E-state index contributed by atoms with van der Waals surface area (Å²) in [5.41, 5.74) is 1.87. The maximum absolute atomic E-state index is 11.4. The van der Waals surface area contributed by atoms with Crippen LogP contribution in [-0.2, 0) is 9.53 Å². The van der Waals surface area contributed by atoms with Gasteiger partial charge >= 0.3 is 5.97 Å². The molecule has 1 rings (SSSR count). The van der Waals surface area contributed by atoms with E-state index in [1.54, 1.807) is 0 Å². The van der Waals surface area contributed by atoms with Crippen molar-refractivity contribution >= 4 is 12.3 Å². The van der Waals surface area contributed by atoms with E-state index in [2.05, 4.69) is 6.92 Å². The zero-order valence-electron chi connectivity index (χ0n) is 12.4. The third-order valence-corrected chi connectivity index (χ3v) is 3.67. The molecular weight excluding hydrogens is 252 g/mol. The summed E-state index contributed by atoms with van der Waals surface area (Å²) in [5, 5.41) is 0. The third kappa shape index (κ3) is 5.16. The first-order valence-corrected chi connectivity index (χ1v) is 7.34. The van der Waals surface area contributed by atoms with Crippen molar-refractivity contribution in [1.82, 2.24) is 0 Å². The number of hydrogen-bond donors (Lipinski definition) is 0. The fourth-order valence-electron chi connectivity index (χ4n) is 2.41. The van der Waals surface area contributed by atoms with Crippen molar-refractivity contribution in [3.8, 4) is 0 Å². The van der Waals surface area contributed by atoms with Gasteiger partial charge in [-0.1, -0.05) is 31.9 Å². The Morgan fingerprint density at radius 2 is 1.90 bits per heavy atom. The summed E-state index contributed by atoms with van der Waals surface area (Å²) >= 11 is 0. The molecule has 0 aliphatic rings. The summed E-state index contributed by atoms with van der Waals surface area (Å²) < 4.78 is 4.70. The highest BCUT2D eigenvalue weighted by Crippen LogP contribution is 2.26. The maximum Gasteiger partial charge on any atom is 0.337 e. The first kappa shape index (κ1) is 16.4. The van der Waals surface area contributed by atoms with E-state index in [1.807, 2.05) is 24.3 Å². The molecule has 0 aliphatic carbocycles. The zero-order valence-corrected chi connectivity index (χ0v) is 12.4. The van der Waals surface area contributed by atoms with Gasteiger partial charge in [-0.2, -0.15) is 0 Å². The topological polar surface area (TPSA) is 43.4 Å². The first-order chi connectivity index (χ1) is 9.72. The highest BCUT2D eigenvalue weighted by Gasteiger charge is 2.11. The number of benzene rings is 1. The average molecular weight is 276 g/mol. The second-order valence-electron chi connectivity index (χ2n) is 5.02. The van der Waals surface area contributed by atoms with Crippen LogP contribution in [0.5, 0.6) is 0 Å². The summed E-state index contributed by atoms with van der Waals surface area (Å²) in [6.45, 7) is 2.18. The summed E-state index contributed by atoms with van der Waals surface area (Å²) in [7, 11) is 1.39. The van der Waals surface area contributed by atoms with E-state index >= 15 is 0 Å². The SMILES string of the molecule is CC[C@H](CCCCCC=O)c1ccc(C(=O)OC)cc1. The van der Waals surface area contributed by atoms with Gasteiger partial charge in [0.2, 0.25) is 0 Å². The molecule has 0 aromatic heterocycles. The molecule has 0 bridgehead atoms. The number of aldehydes is 1. The van der Waals surface area contributed by atoms with Crippen LogP contribution in [-0.4, -0.2) is 19.4 Å². The molecule has 20 heavy (non-hydrogen) atoms. The highest BCUT2D eigenvalue weighted by molar-refractivity contribution is 5.89. The van der Waals surface area contributed by atoms with Crippen LogP contribution in [0.25, 0.3) is 0 Å². The average Bonchev–Trinajstić information content (AvgIpc) is 2.50. The minimum atomic E-state index is -0.293. The lowest BCUT2D eigenvalue weighted by molar-refractivity contribution is -0.107. The summed E-state index contributed by atoms with van der Waals surface area (Å²) in [6, 6.07) is 7.70. The Hall–Kier alpha value is -1.64. The molecule has 1 atom stereocenters. The molecule has 0 aliphatic heterocycles. The van der Waals surface area contributed by atoms with E-state index in [0.717, 1.165) is 38.4 Å². The lowest BCUT2D eigenvalue weighted by atomic mass is 9.90. The second-order valence-corrected chi connectivity index (χ2v) is 5.02. The van der Waals surface area contributed by atoms with Gasteiger partial charge in [0.1, 0.15) is 6.29 Å². The third-order valence-electron chi connectivity index (χ3n) is 3.67. The summed E-state index contributed by atoms with van der Waals surface area (Å²) in [4.78, 5) is 21.6. The van der Waals surface area contributed by atoms with Crippen LogP contribution in [0.3, 0.4) is 0 Å². The predicted octanol–water partition coefficient (Wildman–Crippen LogP) is 4.12. The van der Waals surface area contributed by atoms with Crippen LogP contribution in [0.2, 0.25) is 0 Å². The molecule has 0 unspecified atom stereocenters. The number of esters is 1. The summed E-state index contributed by atoms with van der Waals surface area (Å²) in [5.74, 6) is 0.233. The quantitative estimate of drug-likeness (QED) is 0.387. The van der Waals surface area contributed by atoms with Crippen molar-refractivity contribution in [3.63, 3.8) is 0 Å². The Kier molecular flexibility index (Phi) is 7.63. The Bertz CT molecular complexity index is 409. The van der Waals surface area contributed by atoms with E-state index < -0.39 is 0 Å². The standard InChI is InChI=1S/C17H24O3/c1-3-14(8-6-4-5-7-13-18)15-9-11-16(12-10-15)17(19)20-2/h9-14H,3-8H2,1-2H3/t14-/m1/s1. The van der Waals surface area contributed by atoms with Gasteiger partial charge in [-0.05, 0) is 42.9 Å². The largest absolute Gasteiger partial charge is 0.465 e. The number of unbranched alkanes of at least 4 members (excludes halogenated alkanes) is 3. The van der Waals surface area contributed by atoms with Crippen molar-refractivity contribution < 1.29 is 14.3 Å². The van der Waals surface area contributed by atoms with Gasteiger partial charge in [0.05, 0.1) is 12.7 Å². The van der Waals surface area contributed by atoms with E-state index in [1.165, 1.54) is 12.7 Å². The maximum atomic E-state index is 11.4. The van der Waals surface area contributed by atoms with Gasteiger partial charge in [0.25, 0.3) is 0 Å². The Balaban J connectivity index is 2.52. The van der Waals surface area contributed by atoms with Gasteiger partial charge in [-0.3, -0.25) is 0 Å². The van der Waals surface area contributed by atoms with Crippen LogP contribution in [0, 0.1) is 0 Å². The molecule has 1 aromatic rings. The van der Waals surface area contributed by atoms with Crippen molar-refractivity contribution in [2.24, 2.45) is 0 Å². The van der Waals surface area contributed by atoms with Crippen LogP contribution >= 0.6 is 0 Å². The zero-order chi connectivity index (χ0) is 14.8. The molecule has 3 nitrogen and oxygen atoms in total.